The number of nitrogens with one attached hydrogen (secondary N) is 1. The number of esters is 1. The summed E-state index contributed by atoms with van der Waals surface area (Å²) >= 11 is 1.55. The predicted molar refractivity (Wildman–Crippen MR) is 116 cm³/mol. The van der Waals surface area contributed by atoms with Crippen LogP contribution in [0.5, 0.6) is 0 Å². The van der Waals surface area contributed by atoms with Gasteiger partial charge in [-0.1, -0.05) is 6.07 Å². The van der Waals surface area contributed by atoms with Crippen molar-refractivity contribution >= 4 is 23.1 Å². The monoisotopic (exact) mass is 439 g/mol. The molecule has 1 fully saturated rings. The van der Waals surface area contributed by atoms with E-state index in [2.05, 4.69) is 5.32 Å². The second kappa shape index (κ2) is 8.48. The highest BCUT2D eigenvalue weighted by Crippen LogP contribution is 2.46. The van der Waals surface area contributed by atoms with Crippen LogP contribution in [0.25, 0.3) is 0 Å². The first-order chi connectivity index (χ1) is 15.1. The van der Waals surface area contributed by atoms with Crippen molar-refractivity contribution in [3.8, 4) is 0 Å². The van der Waals surface area contributed by atoms with Crippen LogP contribution in [0.4, 0.5) is 0 Å². The van der Waals surface area contributed by atoms with Gasteiger partial charge in [0, 0.05) is 40.8 Å². The van der Waals surface area contributed by atoms with Crippen molar-refractivity contribution in [3.05, 3.63) is 69.1 Å². The van der Waals surface area contributed by atoms with Gasteiger partial charge in [-0.15, -0.1) is 11.3 Å². The third-order valence-electron chi connectivity index (χ3n) is 6.25. The molecule has 5 rings (SSSR count). The van der Waals surface area contributed by atoms with Crippen LogP contribution in [0.2, 0.25) is 0 Å². The quantitative estimate of drug-likeness (QED) is 0.695. The number of carbonyl (C=O) groups excluding carboxylic acids is 2. The molecule has 0 spiro atoms. The van der Waals surface area contributed by atoms with Gasteiger partial charge >= 0.3 is 5.97 Å². The Kier molecular flexibility index (Phi) is 5.54. The Morgan fingerprint density at radius 1 is 1.29 bits per heavy atom. The van der Waals surface area contributed by atoms with E-state index in [9.17, 15) is 9.59 Å². The summed E-state index contributed by atoms with van der Waals surface area (Å²) in [7, 11) is 0. The number of hydrogen-bond acceptors (Lipinski definition) is 7. The Balaban J connectivity index is 1.46. The predicted octanol–water partition coefficient (Wildman–Crippen LogP) is 4.42. The molecule has 2 aliphatic heterocycles. The summed E-state index contributed by atoms with van der Waals surface area (Å²) in [6, 6.07) is 7.70. The zero-order chi connectivity index (χ0) is 21.4. The molecule has 3 atom stereocenters. The van der Waals surface area contributed by atoms with Crippen molar-refractivity contribution in [3.63, 3.8) is 0 Å². The average molecular weight is 440 g/mol. The number of allylic oxidation sites excluding steroid dienone is 3. The SMILES string of the molecule is CC1=C(C(=O)OC[C@H]2CCCO2)[C@@H](c2cccs2)C2=C(C[C@@H](c3ccco3)CC2=O)N1. The first-order valence-electron chi connectivity index (χ1n) is 10.7. The number of rotatable bonds is 5. The van der Waals surface area contributed by atoms with Crippen LogP contribution in [0, 0.1) is 0 Å². The van der Waals surface area contributed by atoms with E-state index in [-0.39, 0.29) is 30.4 Å². The van der Waals surface area contributed by atoms with Gasteiger partial charge in [0.2, 0.25) is 0 Å². The van der Waals surface area contributed by atoms with E-state index in [4.69, 9.17) is 13.9 Å². The molecule has 0 amide bonds. The number of carbonyl (C=O) groups is 2. The normalized spacial score (nSPS) is 26.1. The van der Waals surface area contributed by atoms with Gasteiger partial charge in [-0.25, -0.2) is 4.79 Å². The van der Waals surface area contributed by atoms with E-state index < -0.39 is 5.92 Å². The maximum atomic E-state index is 13.4. The minimum atomic E-state index is -0.404. The lowest BCUT2D eigenvalue weighted by Crippen LogP contribution is -2.36. The van der Waals surface area contributed by atoms with Crippen LogP contribution in [0.15, 0.2) is 62.9 Å². The Labute approximate surface area is 184 Å². The van der Waals surface area contributed by atoms with Crippen molar-refractivity contribution in [2.75, 3.05) is 13.2 Å². The van der Waals surface area contributed by atoms with Crippen molar-refractivity contribution in [2.45, 2.75) is 50.5 Å². The molecule has 1 N–H and O–H groups in total. The molecule has 7 heteroatoms. The number of ketones is 1. The van der Waals surface area contributed by atoms with E-state index >= 15 is 0 Å². The van der Waals surface area contributed by atoms with Crippen LogP contribution < -0.4 is 5.32 Å². The topological polar surface area (TPSA) is 77.8 Å². The first kappa shape index (κ1) is 20.3. The molecule has 31 heavy (non-hydrogen) atoms. The molecule has 1 aliphatic carbocycles. The Hall–Kier alpha value is -2.64. The standard InChI is InChI=1S/C24H25NO5S/c1-14-21(24(27)30-13-16-5-2-8-28-16)23(20-7-4-10-31-20)22-17(25-14)11-15(12-18(22)26)19-6-3-9-29-19/h3-4,6-7,9-10,15-16,23,25H,2,5,8,11-13H2,1H3/t15-,16-,23-/m1/s1. The molecule has 0 radical (unpaired) electrons. The fourth-order valence-electron chi connectivity index (χ4n) is 4.80. The number of hydrogen-bond donors (Lipinski definition) is 1. The third kappa shape index (κ3) is 3.88. The lowest BCUT2D eigenvalue weighted by Gasteiger charge is -2.35. The van der Waals surface area contributed by atoms with E-state index in [0.717, 1.165) is 34.9 Å². The van der Waals surface area contributed by atoms with E-state index in [1.54, 1.807) is 17.6 Å². The largest absolute Gasteiger partial charge is 0.469 e. The lowest BCUT2D eigenvalue weighted by atomic mass is 9.74. The maximum absolute atomic E-state index is 13.4. The smallest absolute Gasteiger partial charge is 0.336 e. The molecule has 0 aromatic carbocycles. The highest BCUT2D eigenvalue weighted by molar-refractivity contribution is 7.10. The molecule has 1 saturated heterocycles. The number of furan rings is 1. The summed E-state index contributed by atoms with van der Waals surface area (Å²) in [4.78, 5) is 27.5. The zero-order valence-corrected chi connectivity index (χ0v) is 18.2. The summed E-state index contributed by atoms with van der Waals surface area (Å²) in [6.07, 6.45) is 4.53. The molecule has 2 aromatic rings. The average Bonchev–Trinajstić information content (AvgIpc) is 3.54. The zero-order valence-electron chi connectivity index (χ0n) is 17.4. The van der Waals surface area contributed by atoms with Gasteiger partial charge in [0.15, 0.2) is 5.78 Å². The molecule has 162 valence electrons. The number of thiophene rings is 1. The highest BCUT2D eigenvalue weighted by Gasteiger charge is 2.42. The fraction of sp³-hybridized carbons (Fsp3) is 0.417. The van der Waals surface area contributed by atoms with Gasteiger partial charge in [-0.05, 0) is 49.8 Å². The van der Waals surface area contributed by atoms with Gasteiger partial charge in [0.05, 0.1) is 23.9 Å². The molecular weight excluding hydrogens is 414 g/mol. The maximum Gasteiger partial charge on any atom is 0.336 e. The Morgan fingerprint density at radius 3 is 2.90 bits per heavy atom. The molecule has 0 bridgehead atoms. The van der Waals surface area contributed by atoms with Crippen molar-refractivity contribution in [1.29, 1.82) is 0 Å². The lowest BCUT2D eigenvalue weighted by molar-refractivity contribution is -0.142. The summed E-state index contributed by atoms with van der Waals surface area (Å²) in [5.41, 5.74) is 2.82. The second-order valence-corrected chi connectivity index (χ2v) is 9.26. The minimum absolute atomic E-state index is 0.00134. The molecule has 3 aliphatic rings. The van der Waals surface area contributed by atoms with Crippen LogP contribution in [-0.2, 0) is 19.1 Å². The number of Topliss-reactive ketones (excluding diaryl/α,β-unsaturated/α-hetero) is 1. The van der Waals surface area contributed by atoms with Crippen molar-refractivity contribution in [1.82, 2.24) is 5.32 Å². The van der Waals surface area contributed by atoms with Gasteiger partial charge in [0.1, 0.15) is 12.4 Å². The second-order valence-electron chi connectivity index (χ2n) is 8.28. The minimum Gasteiger partial charge on any atom is -0.469 e. The van der Waals surface area contributed by atoms with Gasteiger partial charge < -0.3 is 19.2 Å². The summed E-state index contributed by atoms with van der Waals surface area (Å²) < 4.78 is 16.8. The fourth-order valence-corrected chi connectivity index (χ4v) is 5.64. The third-order valence-corrected chi connectivity index (χ3v) is 7.18. The summed E-state index contributed by atoms with van der Waals surface area (Å²) in [5.74, 6) is 0.0755. The Bertz CT molecular complexity index is 1030. The van der Waals surface area contributed by atoms with E-state index in [1.165, 1.54) is 0 Å². The Morgan fingerprint density at radius 2 is 2.19 bits per heavy atom. The van der Waals surface area contributed by atoms with Gasteiger partial charge in [-0.2, -0.15) is 0 Å². The highest BCUT2D eigenvalue weighted by atomic mass is 32.1. The van der Waals surface area contributed by atoms with Crippen molar-refractivity contribution in [2.24, 2.45) is 0 Å². The van der Waals surface area contributed by atoms with Crippen LogP contribution >= 0.6 is 11.3 Å². The first-order valence-corrected chi connectivity index (χ1v) is 11.6. The molecule has 0 saturated carbocycles. The molecule has 6 nitrogen and oxygen atoms in total. The number of dihydropyridines is 1. The van der Waals surface area contributed by atoms with E-state index in [1.807, 2.05) is 36.6 Å². The van der Waals surface area contributed by atoms with Crippen LogP contribution in [-0.4, -0.2) is 31.1 Å². The molecule has 0 unspecified atom stereocenters. The van der Waals surface area contributed by atoms with Crippen molar-refractivity contribution < 1.29 is 23.5 Å². The molecule has 2 aromatic heterocycles. The molecular formula is C24H25NO5S. The summed E-state index contributed by atoms with van der Waals surface area (Å²) in [6.45, 7) is 2.84. The molecule has 4 heterocycles. The van der Waals surface area contributed by atoms with Gasteiger partial charge in [0.25, 0.3) is 0 Å². The number of ether oxygens (including phenoxy) is 2. The summed E-state index contributed by atoms with van der Waals surface area (Å²) in [5, 5.41) is 5.33. The van der Waals surface area contributed by atoms with E-state index in [0.29, 0.717) is 30.6 Å². The van der Waals surface area contributed by atoms with Gasteiger partial charge in [-0.3, -0.25) is 4.79 Å². The van der Waals surface area contributed by atoms with Crippen LogP contribution in [0.3, 0.4) is 0 Å². The van der Waals surface area contributed by atoms with Crippen LogP contribution in [0.1, 0.15) is 55.1 Å².